The summed E-state index contributed by atoms with van der Waals surface area (Å²) in [5.41, 5.74) is 2.35. The van der Waals surface area contributed by atoms with Crippen molar-refractivity contribution in [1.82, 2.24) is 0 Å². The first-order chi connectivity index (χ1) is 4.75. The molecule has 1 rings (SSSR count). The SMILES string of the molecule is CNc1c(C)cccc1S. The van der Waals surface area contributed by atoms with Gasteiger partial charge in [0.05, 0.1) is 5.69 Å². The lowest BCUT2D eigenvalue weighted by molar-refractivity contribution is 1.32. The van der Waals surface area contributed by atoms with E-state index < -0.39 is 0 Å². The molecule has 0 aliphatic heterocycles. The van der Waals surface area contributed by atoms with Crippen molar-refractivity contribution < 1.29 is 0 Å². The Morgan fingerprint density at radius 3 is 2.50 bits per heavy atom. The average molecular weight is 153 g/mol. The number of nitrogens with one attached hydrogen (secondary N) is 1. The van der Waals surface area contributed by atoms with Gasteiger partial charge in [0.15, 0.2) is 0 Å². The third-order valence-corrected chi connectivity index (χ3v) is 1.87. The summed E-state index contributed by atoms with van der Waals surface area (Å²) >= 11 is 4.29. The maximum Gasteiger partial charge on any atom is 0.0502 e. The van der Waals surface area contributed by atoms with Crippen LogP contribution in [0, 0.1) is 6.92 Å². The van der Waals surface area contributed by atoms with Gasteiger partial charge in [0.1, 0.15) is 0 Å². The molecule has 1 nitrogen and oxygen atoms in total. The van der Waals surface area contributed by atoms with E-state index in [-0.39, 0.29) is 0 Å². The van der Waals surface area contributed by atoms with Gasteiger partial charge in [-0.2, -0.15) is 0 Å². The van der Waals surface area contributed by atoms with Crippen LogP contribution in [0.3, 0.4) is 0 Å². The van der Waals surface area contributed by atoms with Gasteiger partial charge >= 0.3 is 0 Å². The largest absolute Gasteiger partial charge is 0.387 e. The molecule has 0 aromatic heterocycles. The molecule has 10 heavy (non-hydrogen) atoms. The van der Waals surface area contributed by atoms with E-state index in [9.17, 15) is 0 Å². The van der Waals surface area contributed by atoms with Crippen molar-refractivity contribution >= 4 is 18.3 Å². The molecule has 0 atom stereocenters. The number of benzene rings is 1. The van der Waals surface area contributed by atoms with E-state index in [1.165, 1.54) is 5.56 Å². The van der Waals surface area contributed by atoms with Crippen LogP contribution in [0.1, 0.15) is 5.56 Å². The van der Waals surface area contributed by atoms with E-state index in [0.717, 1.165) is 10.6 Å². The maximum absolute atomic E-state index is 4.29. The van der Waals surface area contributed by atoms with Crippen molar-refractivity contribution in [2.24, 2.45) is 0 Å². The van der Waals surface area contributed by atoms with E-state index >= 15 is 0 Å². The number of aryl methyl sites for hydroxylation is 1. The second kappa shape index (κ2) is 2.97. The lowest BCUT2D eigenvalue weighted by Gasteiger charge is -2.06. The van der Waals surface area contributed by atoms with Crippen LogP contribution in [0.4, 0.5) is 5.69 Å². The number of rotatable bonds is 1. The Hall–Kier alpha value is -0.630. The van der Waals surface area contributed by atoms with Gasteiger partial charge in [-0.15, -0.1) is 12.6 Å². The number of hydrogen-bond acceptors (Lipinski definition) is 2. The van der Waals surface area contributed by atoms with E-state index in [4.69, 9.17) is 0 Å². The molecule has 0 saturated heterocycles. The molecule has 0 fully saturated rings. The summed E-state index contributed by atoms with van der Waals surface area (Å²) in [5, 5.41) is 3.09. The highest BCUT2D eigenvalue weighted by Crippen LogP contribution is 2.22. The van der Waals surface area contributed by atoms with E-state index in [1.54, 1.807) is 0 Å². The van der Waals surface area contributed by atoms with Gasteiger partial charge in [-0.3, -0.25) is 0 Å². The molecule has 1 aromatic rings. The van der Waals surface area contributed by atoms with Crippen LogP contribution in [-0.4, -0.2) is 7.05 Å². The molecule has 0 aliphatic rings. The predicted octanol–water partition coefficient (Wildman–Crippen LogP) is 2.33. The van der Waals surface area contributed by atoms with Crippen molar-refractivity contribution in [3.63, 3.8) is 0 Å². The zero-order valence-electron chi connectivity index (χ0n) is 6.18. The van der Waals surface area contributed by atoms with Crippen LogP contribution in [0.2, 0.25) is 0 Å². The third-order valence-electron chi connectivity index (χ3n) is 1.50. The predicted molar refractivity (Wildman–Crippen MR) is 48.0 cm³/mol. The summed E-state index contributed by atoms with van der Waals surface area (Å²) in [7, 11) is 1.90. The topological polar surface area (TPSA) is 12.0 Å². The highest BCUT2D eigenvalue weighted by molar-refractivity contribution is 7.80. The number of para-hydroxylation sites is 1. The lowest BCUT2D eigenvalue weighted by atomic mass is 10.2. The first kappa shape index (κ1) is 7.48. The maximum atomic E-state index is 4.29. The molecule has 2 heteroatoms. The van der Waals surface area contributed by atoms with Crippen LogP contribution in [0.5, 0.6) is 0 Å². The molecule has 1 N–H and O–H groups in total. The highest BCUT2D eigenvalue weighted by Gasteiger charge is 1.96. The van der Waals surface area contributed by atoms with Crippen molar-refractivity contribution in [1.29, 1.82) is 0 Å². The Morgan fingerprint density at radius 1 is 1.40 bits per heavy atom. The van der Waals surface area contributed by atoms with Crippen LogP contribution >= 0.6 is 12.6 Å². The molecule has 0 aliphatic carbocycles. The van der Waals surface area contributed by atoms with Crippen LogP contribution in [-0.2, 0) is 0 Å². The van der Waals surface area contributed by atoms with Crippen molar-refractivity contribution in [2.45, 2.75) is 11.8 Å². The molecule has 0 amide bonds. The number of anilines is 1. The minimum Gasteiger partial charge on any atom is -0.387 e. The fourth-order valence-corrected chi connectivity index (χ4v) is 1.35. The molecule has 0 radical (unpaired) electrons. The van der Waals surface area contributed by atoms with Gasteiger partial charge in [0.25, 0.3) is 0 Å². The van der Waals surface area contributed by atoms with Crippen molar-refractivity contribution in [3.8, 4) is 0 Å². The quantitative estimate of drug-likeness (QED) is 0.590. The summed E-state index contributed by atoms with van der Waals surface area (Å²) in [6, 6.07) is 6.03. The summed E-state index contributed by atoms with van der Waals surface area (Å²) in [6.45, 7) is 2.06. The summed E-state index contributed by atoms with van der Waals surface area (Å²) in [4.78, 5) is 1.00. The molecule has 0 heterocycles. The minimum atomic E-state index is 1.00. The lowest BCUT2D eigenvalue weighted by Crippen LogP contribution is -1.91. The first-order valence-electron chi connectivity index (χ1n) is 3.22. The molecule has 1 aromatic carbocycles. The third kappa shape index (κ3) is 1.27. The summed E-state index contributed by atoms with van der Waals surface area (Å²) in [6.07, 6.45) is 0. The zero-order chi connectivity index (χ0) is 7.56. The van der Waals surface area contributed by atoms with Crippen molar-refractivity contribution in [2.75, 3.05) is 12.4 Å². The first-order valence-corrected chi connectivity index (χ1v) is 3.66. The van der Waals surface area contributed by atoms with Crippen LogP contribution in [0.25, 0.3) is 0 Å². The fourth-order valence-electron chi connectivity index (χ4n) is 0.978. The minimum absolute atomic E-state index is 1.00. The van der Waals surface area contributed by atoms with Gasteiger partial charge in [-0.1, -0.05) is 12.1 Å². The van der Waals surface area contributed by atoms with Crippen LogP contribution < -0.4 is 5.32 Å². The Bertz CT molecular complexity index is 212. The zero-order valence-corrected chi connectivity index (χ0v) is 7.07. The van der Waals surface area contributed by atoms with Crippen LogP contribution in [0.15, 0.2) is 23.1 Å². The van der Waals surface area contributed by atoms with Gasteiger partial charge < -0.3 is 5.32 Å². The Morgan fingerprint density at radius 2 is 2.10 bits per heavy atom. The summed E-state index contributed by atoms with van der Waals surface area (Å²) < 4.78 is 0. The van der Waals surface area contributed by atoms with Gasteiger partial charge in [0.2, 0.25) is 0 Å². The smallest absolute Gasteiger partial charge is 0.0502 e. The molecule has 0 unspecified atom stereocenters. The monoisotopic (exact) mass is 153 g/mol. The van der Waals surface area contributed by atoms with Crippen molar-refractivity contribution in [3.05, 3.63) is 23.8 Å². The second-order valence-electron chi connectivity index (χ2n) is 2.22. The van der Waals surface area contributed by atoms with Gasteiger partial charge in [-0.25, -0.2) is 0 Å². The van der Waals surface area contributed by atoms with E-state index in [1.807, 2.05) is 19.2 Å². The summed E-state index contributed by atoms with van der Waals surface area (Å²) in [5.74, 6) is 0. The Kier molecular flexibility index (Phi) is 2.22. The molecule has 0 saturated carbocycles. The second-order valence-corrected chi connectivity index (χ2v) is 2.70. The number of thiol groups is 1. The molecular formula is C8H11NS. The fraction of sp³-hybridized carbons (Fsp3) is 0.250. The number of hydrogen-bond donors (Lipinski definition) is 2. The Labute approximate surface area is 66.9 Å². The molecule has 0 bridgehead atoms. The average Bonchev–Trinajstić information content (AvgIpc) is 1.88. The highest BCUT2D eigenvalue weighted by atomic mass is 32.1. The Balaban J connectivity index is 3.17. The molecule has 54 valence electrons. The van der Waals surface area contributed by atoms with Gasteiger partial charge in [-0.05, 0) is 18.6 Å². The van der Waals surface area contributed by atoms with Gasteiger partial charge in [0, 0.05) is 11.9 Å². The normalized spacial score (nSPS) is 9.50. The van der Waals surface area contributed by atoms with E-state index in [2.05, 4.69) is 30.9 Å². The van der Waals surface area contributed by atoms with E-state index in [0.29, 0.717) is 0 Å². The standard InChI is InChI=1S/C8H11NS/c1-6-4-3-5-7(10)8(6)9-2/h3-5,9-10H,1-2H3. The molecular weight excluding hydrogens is 142 g/mol. The molecule has 0 spiro atoms.